The van der Waals surface area contributed by atoms with Crippen LogP contribution in [0.5, 0.6) is 0 Å². The van der Waals surface area contributed by atoms with E-state index in [0.717, 1.165) is 18.5 Å². The van der Waals surface area contributed by atoms with Gasteiger partial charge in [0.2, 0.25) is 7.57 Å². The quantitative estimate of drug-likeness (QED) is 0.544. The van der Waals surface area contributed by atoms with Crippen LogP contribution in [0.15, 0.2) is 0 Å². The fourth-order valence-corrected chi connectivity index (χ4v) is 8.59. The molecule has 88 valence electrons. The Morgan fingerprint density at radius 1 is 0.667 bits per heavy atom. The van der Waals surface area contributed by atoms with Gasteiger partial charge in [-0.2, -0.15) is 0 Å². The van der Waals surface area contributed by atoms with Crippen molar-refractivity contribution in [3.63, 3.8) is 0 Å². The predicted molar refractivity (Wildman–Crippen MR) is 71.9 cm³/mol. The van der Waals surface area contributed by atoms with E-state index in [0.29, 0.717) is 7.92 Å². The second kappa shape index (κ2) is 5.92. The Kier molecular flexibility index (Phi) is 4.84. The lowest BCUT2D eigenvalue weighted by molar-refractivity contribution is 0.738. The van der Waals surface area contributed by atoms with Crippen LogP contribution in [0.4, 0.5) is 4.20 Å². The number of halogens is 1. The molecule has 0 spiro atoms. The zero-order valence-electron chi connectivity index (χ0n) is 9.76. The number of hydrogen-bond acceptors (Lipinski definition) is 0. The summed E-state index contributed by atoms with van der Waals surface area (Å²) in [5, 5.41) is 0. The highest BCUT2D eigenvalue weighted by Crippen LogP contribution is 2.63. The first-order chi connectivity index (χ1) is 7.29. The van der Waals surface area contributed by atoms with Gasteiger partial charge in [0.05, 0.1) is 18.5 Å². The Morgan fingerprint density at radius 3 is 1.47 bits per heavy atom. The van der Waals surface area contributed by atoms with Gasteiger partial charge in [-0.25, -0.2) is 0 Å². The molecule has 0 aromatic rings. The summed E-state index contributed by atoms with van der Waals surface area (Å²) in [6.07, 6.45) is 14.9. The molecule has 3 heterocycles. The molecule has 3 rings (SSSR count). The third-order valence-electron chi connectivity index (χ3n) is 3.85. The molecule has 0 aromatic heterocycles. The molecule has 3 fully saturated rings. The Morgan fingerprint density at radius 2 is 1.07 bits per heavy atom. The molecule has 3 heteroatoms. The summed E-state index contributed by atoms with van der Waals surface area (Å²) in [4.78, 5) is 0. The second-order valence-corrected chi connectivity index (χ2v) is 11.2. The predicted octanol–water partition coefficient (Wildman–Crippen LogP) is 4.74. The van der Waals surface area contributed by atoms with Gasteiger partial charge in [0.1, 0.15) is 0 Å². The highest BCUT2D eigenvalue weighted by molar-refractivity contribution is 7.70. The lowest BCUT2D eigenvalue weighted by Crippen LogP contribution is -2.10. The van der Waals surface area contributed by atoms with Crippen LogP contribution in [0.25, 0.3) is 0 Å². The van der Waals surface area contributed by atoms with Crippen molar-refractivity contribution in [1.29, 1.82) is 0 Å². The van der Waals surface area contributed by atoms with Crippen molar-refractivity contribution in [2.45, 2.75) is 38.5 Å². The summed E-state index contributed by atoms with van der Waals surface area (Å²) in [7, 11) is -1.62. The summed E-state index contributed by atoms with van der Waals surface area (Å²) < 4.78 is 14.6. The van der Waals surface area contributed by atoms with Crippen molar-refractivity contribution < 1.29 is 4.20 Å². The van der Waals surface area contributed by atoms with Gasteiger partial charge in [-0.3, -0.25) is 0 Å². The number of rotatable bonds is 0. The minimum absolute atomic E-state index is 0.348. The molecule has 0 nitrogen and oxygen atoms in total. The smallest absolute Gasteiger partial charge is 0.107 e. The first-order valence-electron chi connectivity index (χ1n) is 6.57. The maximum atomic E-state index is 14.6. The Balaban J connectivity index is 2.02. The SMILES string of the molecule is F[P+]12CCCCP(CCCC1)CCCC2. The lowest BCUT2D eigenvalue weighted by Gasteiger charge is -2.25. The van der Waals surface area contributed by atoms with Crippen LogP contribution in [0.3, 0.4) is 0 Å². The van der Waals surface area contributed by atoms with E-state index >= 15 is 0 Å². The van der Waals surface area contributed by atoms with Crippen LogP contribution in [0.2, 0.25) is 0 Å². The standard InChI is InChI=1S/C12H24FP2/c13-15-10-4-1-7-14(8-2-5-11-15)9-3-6-12-15/h1-12H2/q+1. The van der Waals surface area contributed by atoms with Gasteiger partial charge in [0.15, 0.2) is 0 Å². The van der Waals surface area contributed by atoms with Crippen molar-refractivity contribution in [2.24, 2.45) is 0 Å². The van der Waals surface area contributed by atoms with E-state index in [9.17, 15) is 4.20 Å². The van der Waals surface area contributed by atoms with Crippen molar-refractivity contribution in [3.8, 4) is 0 Å². The fourth-order valence-electron chi connectivity index (χ4n) is 2.86. The van der Waals surface area contributed by atoms with Gasteiger partial charge in [-0.1, -0.05) is 4.20 Å². The minimum Gasteiger partial charge on any atom is -0.107 e. The van der Waals surface area contributed by atoms with Crippen LogP contribution >= 0.6 is 15.5 Å². The largest absolute Gasteiger partial charge is 0.202 e. The number of hydrogen-bond donors (Lipinski definition) is 0. The third kappa shape index (κ3) is 3.94. The molecule has 0 aliphatic carbocycles. The Bertz CT molecular complexity index is 165. The number of fused-ring (bicyclic) bond motifs is 9. The average molecular weight is 249 g/mol. The van der Waals surface area contributed by atoms with Crippen LogP contribution in [-0.4, -0.2) is 37.0 Å². The summed E-state index contributed by atoms with van der Waals surface area (Å²) in [5.41, 5.74) is 0. The fraction of sp³-hybridized carbons (Fsp3) is 1.00. The second-order valence-electron chi connectivity index (χ2n) is 5.16. The van der Waals surface area contributed by atoms with E-state index in [1.807, 2.05) is 0 Å². The van der Waals surface area contributed by atoms with E-state index in [-0.39, 0.29) is 0 Å². The van der Waals surface area contributed by atoms with Gasteiger partial charge in [0, 0.05) is 0 Å². The van der Waals surface area contributed by atoms with Crippen LogP contribution < -0.4 is 0 Å². The molecule has 0 radical (unpaired) electrons. The van der Waals surface area contributed by atoms with E-state index in [2.05, 4.69) is 0 Å². The first-order valence-corrected chi connectivity index (χ1v) is 10.7. The molecular weight excluding hydrogens is 225 g/mol. The van der Waals surface area contributed by atoms with Gasteiger partial charge >= 0.3 is 0 Å². The molecule has 0 atom stereocenters. The molecule has 2 bridgehead atoms. The molecule has 15 heavy (non-hydrogen) atoms. The lowest BCUT2D eigenvalue weighted by atomic mass is 10.4. The molecule has 0 unspecified atom stereocenters. The molecule has 0 N–H and O–H groups in total. The minimum atomic E-state index is -1.97. The molecule has 3 saturated heterocycles. The third-order valence-corrected chi connectivity index (χ3v) is 10.0. The maximum Gasteiger partial charge on any atom is 0.202 e. The zero-order valence-corrected chi connectivity index (χ0v) is 11.5. The summed E-state index contributed by atoms with van der Waals surface area (Å²) in [5.74, 6) is 0. The average Bonchev–Trinajstić information content (AvgIpc) is 2.26. The topological polar surface area (TPSA) is 0 Å². The Hall–Kier alpha value is 0.790. The molecule has 0 saturated carbocycles. The normalized spacial score (nSPS) is 39.4. The zero-order chi connectivity index (χ0) is 10.6. The van der Waals surface area contributed by atoms with Crippen molar-refractivity contribution in [1.82, 2.24) is 0 Å². The van der Waals surface area contributed by atoms with Crippen LogP contribution in [0.1, 0.15) is 38.5 Å². The highest BCUT2D eigenvalue weighted by atomic mass is 31.2. The van der Waals surface area contributed by atoms with Crippen molar-refractivity contribution >= 4 is 15.5 Å². The highest BCUT2D eigenvalue weighted by Gasteiger charge is 2.38. The molecule has 0 amide bonds. The van der Waals surface area contributed by atoms with Gasteiger partial charge in [0.25, 0.3) is 0 Å². The van der Waals surface area contributed by atoms with E-state index < -0.39 is 7.57 Å². The van der Waals surface area contributed by atoms with Gasteiger partial charge < -0.3 is 0 Å². The van der Waals surface area contributed by atoms with Gasteiger partial charge in [-0.05, 0) is 57.0 Å². The molecule has 0 aromatic carbocycles. The molecular formula is C12H24FP2+. The monoisotopic (exact) mass is 249 g/mol. The maximum absolute atomic E-state index is 14.6. The Labute approximate surface area is 95.6 Å². The van der Waals surface area contributed by atoms with E-state index in [1.165, 1.54) is 57.0 Å². The van der Waals surface area contributed by atoms with Crippen molar-refractivity contribution in [2.75, 3.05) is 37.0 Å². The van der Waals surface area contributed by atoms with Crippen LogP contribution in [0, 0.1) is 0 Å². The van der Waals surface area contributed by atoms with Crippen molar-refractivity contribution in [3.05, 3.63) is 0 Å². The summed E-state index contributed by atoms with van der Waals surface area (Å²) in [6, 6.07) is 0. The van der Waals surface area contributed by atoms with Crippen LogP contribution in [-0.2, 0) is 0 Å². The first kappa shape index (κ1) is 12.3. The van der Waals surface area contributed by atoms with Gasteiger partial charge in [-0.15, -0.1) is 7.92 Å². The summed E-state index contributed by atoms with van der Waals surface area (Å²) >= 11 is 0. The summed E-state index contributed by atoms with van der Waals surface area (Å²) in [6.45, 7) is 0. The van der Waals surface area contributed by atoms with E-state index in [1.54, 1.807) is 0 Å². The van der Waals surface area contributed by atoms with E-state index in [4.69, 9.17) is 0 Å². The molecule has 3 aliphatic rings. The molecule has 3 aliphatic heterocycles.